The molecule has 3 unspecified atom stereocenters. The number of fused-ring (bicyclic) bond motifs is 2. The lowest BCUT2D eigenvalue weighted by Crippen LogP contribution is -2.59. The lowest BCUT2D eigenvalue weighted by atomic mass is 9.77. The zero-order chi connectivity index (χ0) is 25.0. The molecule has 1 amide bonds. The highest BCUT2D eigenvalue weighted by atomic mass is 32.2. The third-order valence-corrected chi connectivity index (χ3v) is 10.4. The van der Waals surface area contributed by atoms with Crippen molar-refractivity contribution in [2.45, 2.75) is 100 Å². The van der Waals surface area contributed by atoms with Crippen LogP contribution in [0.25, 0.3) is 0 Å². The van der Waals surface area contributed by atoms with E-state index in [-0.39, 0.29) is 29.6 Å². The van der Waals surface area contributed by atoms with Crippen LogP contribution in [0.1, 0.15) is 71.3 Å². The molecule has 1 aromatic carbocycles. The Morgan fingerprint density at radius 1 is 1.23 bits per heavy atom. The molecule has 0 bridgehead atoms. The maximum Gasteiger partial charge on any atom is 0.244 e. The second-order valence-corrected chi connectivity index (χ2v) is 13.2. The second-order valence-electron chi connectivity index (χ2n) is 11.4. The van der Waals surface area contributed by atoms with E-state index in [2.05, 4.69) is 27.1 Å². The van der Waals surface area contributed by atoms with Crippen molar-refractivity contribution in [2.75, 3.05) is 11.9 Å². The predicted molar refractivity (Wildman–Crippen MR) is 132 cm³/mol. The first-order valence-corrected chi connectivity index (χ1v) is 14.1. The first kappa shape index (κ1) is 24.5. The standard InChI is InChI=1S/C25H36N6O3S/c1-24(2,3)30-16-17-15-18(7-8-20(17)35(30,33)34)28-22-21-19(9-14-27-23(21)32)31(29-22)25(12-13-26)10-5-4-6-11-25/h7-8,15,19,21-22,28-29H,4-6,9-12,14,16H2,1-3H3,(H,27,32). The Hall–Kier alpha value is -2.19. The average molecular weight is 501 g/mol. The average Bonchev–Trinajstić information content (AvgIpc) is 3.30. The number of rotatable bonds is 4. The zero-order valence-corrected chi connectivity index (χ0v) is 21.6. The van der Waals surface area contributed by atoms with Crippen molar-refractivity contribution in [1.29, 1.82) is 5.26 Å². The minimum atomic E-state index is -3.53. The molecule has 1 saturated carbocycles. The van der Waals surface area contributed by atoms with E-state index < -0.39 is 15.6 Å². The van der Waals surface area contributed by atoms with Crippen LogP contribution in [0.3, 0.4) is 0 Å². The molecule has 1 aliphatic carbocycles. The molecular weight excluding hydrogens is 464 g/mol. The van der Waals surface area contributed by atoms with Crippen LogP contribution < -0.4 is 16.1 Å². The summed E-state index contributed by atoms with van der Waals surface area (Å²) in [5, 5.41) is 18.4. The zero-order valence-electron chi connectivity index (χ0n) is 20.8. The molecule has 5 rings (SSSR count). The van der Waals surface area contributed by atoms with Gasteiger partial charge in [-0.3, -0.25) is 4.79 Å². The Labute approximate surface area is 208 Å². The highest BCUT2D eigenvalue weighted by Gasteiger charge is 2.54. The maximum absolute atomic E-state index is 13.0. The molecule has 0 radical (unpaired) electrons. The van der Waals surface area contributed by atoms with Crippen molar-refractivity contribution in [3.05, 3.63) is 23.8 Å². The summed E-state index contributed by atoms with van der Waals surface area (Å²) in [6, 6.07) is 7.78. The molecule has 190 valence electrons. The van der Waals surface area contributed by atoms with E-state index >= 15 is 0 Å². The van der Waals surface area contributed by atoms with Crippen LogP contribution >= 0.6 is 0 Å². The summed E-state index contributed by atoms with van der Waals surface area (Å²) in [7, 11) is -3.53. The van der Waals surface area contributed by atoms with E-state index in [0.29, 0.717) is 24.4 Å². The van der Waals surface area contributed by atoms with Crippen molar-refractivity contribution in [2.24, 2.45) is 5.92 Å². The van der Waals surface area contributed by atoms with Crippen LogP contribution in [0.15, 0.2) is 23.1 Å². The molecule has 0 aromatic heterocycles. The van der Waals surface area contributed by atoms with Crippen molar-refractivity contribution in [1.82, 2.24) is 20.1 Å². The van der Waals surface area contributed by atoms with Gasteiger partial charge in [-0.1, -0.05) is 19.3 Å². The molecule has 0 spiro atoms. The number of carbonyl (C=O) groups excluding carboxylic acids is 1. The molecule has 3 fully saturated rings. The molecule has 3 N–H and O–H groups in total. The van der Waals surface area contributed by atoms with Crippen LogP contribution in [-0.4, -0.2) is 53.5 Å². The van der Waals surface area contributed by atoms with Gasteiger partial charge in [0.1, 0.15) is 6.17 Å². The lowest BCUT2D eigenvalue weighted by Gasteiger charge is -2.46. The van der Waals surface area contributed by atoms with E-state index in [1.54, 1.807) is 12.1 Å². The van der Waals surface area contributed by atoms with E-state index in [9.17, 15) is 18.5 Å². The van der Waals surface area contributed by atoms with E-state index in [1.165, 1.54) is 10.7 Å². The van der Waals surface area contributed by atoms with Gasteiger partial charge in [0.2, 0.25) is 15.9 Å². The number of nitriles is 1. The maximum atomic E-state index is 13.0. The third kappa shape index (κ3) is 4.12. The van der Waals surface area contributed by atoms with Gasteiger partial charge in [0.25, 0.3) is 0 Å². The van der Waals surface area contributed by atoms with Crippen LogP contribution in [0.4, 0.5) is 5.69 Å². The molecule has 3 aliphatic heterocycles. The van der Waals surface area contributed by atoms with Gasteiger partial charge in [-0.05, 0) is 63.8 Å². The number of amides is 1. The van der Waals surface area contributed by atoms with E-state index in [1.807, 2.05) is 26.8 Å². The molecule has 9 nitrogen and oxygen atoms in total. The molecule has 2 saturated heterocycles. The quantitative estimate of drug-likeness (QED) is 0.582. The summed E-state index contributed by atoms with van der Waals surface area (Å²) in [6.07, 6.45) is 6.19. The number of sulfonamides is 1. The number of anilines is 1. The summed E-state index contributed by atoms with van der Waals surface area (Å²) < 4.78 is 27.6. The summed E-state index contributed by atoms with van der Waals surface area (Å²) in [4.78, 5) is 13.4. The van der Waals surface area contributed by atoms with Gasteiger partial charge >= 0.3 is 0 Å². The van der Waals surface area contributed by atoms with Gasteiger partial charge in [0.15, 0.2) is 0 Å². The highest BCUT2D eigenvalue weighted by Crippen LogP contribution is 2.43. The Kier molecular flexibility index (Phi) is 6.11. The van der Waals surface area contributed by atoms with Crippen molar-refractivity contribution >= 4 is 21.6 Å². The first-order chi connectivity index (χ1) is 16.6. The fraction of sp³-hybridized carbons (Fsp3) is 0.680. The topological polar surface area (TPSA) is 118 Å². The van der Waals surface area contributed by atoms with Crippen LogP contribution in [0, 0.1) is 17.2 Å². The number of hydrazine groups is 1. The number of nitrogens with zero attached hydrogens (tertiary/aromatic N) is 3. The van der Waals surface area contributed by atoms with E-state index in [4.69, 9.17) is 0 Å². The number of piperidine rings is 1. The number of hydrogen-bond donors (Lipinski definition) is 3. The Morgan fingerprint density at radius 2 is 1.97 bits per heavy atom. The fourth-order valence-corrected chi connectivity index (χ4v) is 8.42. The largest absolute Gasteiger partial charge is 0.368 e. The molecular formula is C25H36N6O3S. The van der Waals surface area contributed by atoms with Gasteiger partial charge in [0, 0.05) is 35.9 Å². The number of carbonyl (C=O) groups is 1. The summed E-state index contributed by atoms with van der Waals surface area (Å²) in [5.41, 5.74) is 4.38. The lowest BCUT2D eigenvalue weighted by molar-refractivity contribution is -0.128. The second kappa shape index (κ2) is 8.73. The normalized spacial score (nSPS) is 30.2. The van der Waals surface area contributed by atoms with E-state index in [0.717, 1.165) is 43.4 Å². The number of benzene rings is 1. The number of nitrogens with one attached hydrogen (secondary N) is 3. The summed E-state index contributed by atoms with van der Waals surface area (Å²) in [6.45, 7) is 6.66. The Balaban J connectivity index is 1.43. The number of hydrogen-bond acceptors (Lipinski definition) is 7. The Morgan fingerprint density at radius 3 is 2.66 bits per heavy atom. The predicted octanol–water partition coefficient (Wildman–Crippen LogP) is 2.67. The van der Waals surface area contributed by atoms with Gasteiger partial charge in [-0.25, -0.2) is 18.9 Å². The SMILES string of the molecule is CC(C)(C)N1Cc2cc(NC3NN(C4(CC#N)CCCCC4)C4CCNC(=O)C34)ccc2S1(=O)=O. The minimum Gasteiger partial charge on any atom is -0.368 e. The monoisotopic (exact) mass is 500 g/mol. The van der Waals surface area contributed by atoms with Crippen LogP contribution in [0.5, 0.6) is 0 Å². The summed E-state index contributed by atoms with van der Waals surface area (Å²) in [5.74, 6) is -0.288. The highest BCUT2D eigenvalue weighted by molar-refractivity contribution is 7.89. The van der Waals surface area contributed by atoms with Crippen molar-refractivity contribution in [3.63, 3.8) is 0 Å². The Bertz CT molecular complexity index is 1150. The third-order valence-electron chi connectivity index (χ3n) is 8.14. The van der Waals surface area contributed by atoms with Gasteiger partial charge < -0.3 is 10.6 Å². The van der Waals surface area contributed by atoms with Crippen molar-refractivity contribution < 1.29 is 13.2 Å². The minimum absolute atomic E-state index is 0.0129. The first-order valence-electron chi connectivity index (χ1n) is 12.7. The van der Waals surface area contributed by atoms with Crippen LogP contribution in [0.2, 0.25) is 0 Å². The molecule has 3 atom stereocenters. The molecule has 3 heterocycles. The van der Waals surface area contributed by atoms with Gasteiger partial charge in [0.05, 0.1) is 23.3 Å². The fourth-order valence-electron chi connectivity index (χ4n) is 6.46. The summed E-state index contributed by atoms with van der Waals surface area (Å²) >= 11 is 0. The van der Waals surface area contributed by atoms with Crippen molar-refractivity contribution in [3.8, 4) is 6.07 Å². The molecule has 35 heavy (non-hydrogen) atoms. The molecule has 10 heteroatoms. The molecule has 4 aliphatic rings. The smallest absolute Gasteiger partial charge is 0.244 e. The van der Waals surface area contributed by atoms with Gasteiger partial charge in [-0.15, -0.1) is 0 Å². The van der Waals surface area contributed by atoms with Gasteiger partial charge in [-0.2, -0.15) is 9.57 Å². The molecule has 1 aromatic rings. The van der Waals surface area contributed by atoms with Crippen LogP contribution in [-0.2, 0) is 21.4 Å².